The third-order valence-electron chi connectivity index (χ3n) is 5.03. The summed E-state index contributed by atoms with van der Waals surface area (Å²) in [5, 5.41) is 7.00. The SMILES string of the molecule is COc1cc2ccccc2cc1C(=O)N/N=C\c1ccc(OCc2ccc(Cl)c(Cl)c2)c(Br)c1. The number of hydrogen-bond donors (Lipinski definition) is 1. The van der Waals surface area contributed by atoms with Crippen LogP contribution in [0, 0.1) is 0 Å². The zero-order valence-corrected chi connectivity index (χ0v) is 21.1. The van der Waals surface area contributed by atoms with Gasteiger partial charge in [-0.25, -0.2) is 5.43 Å². The van der Waals surface area contributed by atoms with Gasteiger partial charge in [-0.3, -0.25) is 4.79 Å². The predicted octanol–water partition coefficient (Wildman–Crippen LogP) is 7.26. The van der Waals surface area contributed by atoms with E-state index in [2.05, 4.69) is 26.5 Å². The Morgan fingerprint density at radius 1 is 0.971 bits per heavy atom. The molecule has 0 unspecified atom stereocenters. The molecule has 0 atom stereocenters. The van der Waals surface area contributed by atoms with Gasteiger partial charge in [-0.05, 0) is 80.3 Å². The van der Waals surface area contributed by atoms with Gasteiger partial charge in [-0.15, -0.1) is 0 Å². The van der Waals surface area contributed by atoms with Gasteiger partial charge in [0.1, 0.15) is 18.1 Å². The molecule has 34 heavy (non-hydrogen) atoms. The average molecular weight is 558 g/mol. The summed E-state index contributed by atoms with van der Waals surface area (Å²) in [6.07, 6.45) is 1.55. The molecule has 0 spiro atoms. The zero-order chi connectivity index (χ0) is 24.1. The highest BCUT2D eigenvalue weighted by Gasteiger charge is 2.13. The first-order valence-electron chi connectivity index (χ1n) is 10.2. The van der Waals surface area contributed by atoms with Gasteiger partial charge in [-0.2, -0.15) is 5.10 Å². The van der Waals surface area contributed by atoms with Crippen LogP contribution >= 0.6 is 39.1 Å². The van der Waals surface area contributed by atoms with E-state index in [-0.39, 0.29) is 5.91 Å². The van der Waals surface area contributed by atoms with E-state index in [4.69, 9.17) is 32.7 Å². The number of carbonyl (C=O) groups is 1. The standard InChI is InChI=1S/C26H19BrCl2N2O3/c1-33-25-13-19-5-3-2-4-18(19)12-20(25)26(32)31-30-14-16-7-9-24(21(27)10-16)34-15-17-6-8-22(28)23(29)11-17/h2-14H,15H2,1H3,(H,31,32)/b30-14-. The Kier molecular flexibility index (Phi) is 7.73. The van der Waals surface area contributed by atoms with E-state index < -0.39 is 0 Å². The predicted molar refractivity (Wildman–Crippen MR) is 140 cm³/mol. The molecule has 1 N–H and O–H groups in total. The van der Waals surface area contributed by atoms with Crippen LogP contribution in [0.4, 0.5) is 0 Å². The fraction of sp³-hybridized carbons (Fsp3) is 0.0769. The van der Waals surface area contributed by atoms with E-state index in [1.54, 1.807) is 24.4 Å². The number of benzene rings is 4. The number of ether oxygens (including phenoxy) is 2. The maximum atomic E-state index is 12.7. The molecule has 4 aromatic carbocycles. The molecule has 4 aromatic rings. The molecule has 8 heteroatoms. The first-order valence-corrected chi connectivity index (χ1v) is 11.8. The Morgan fingerprint density at radius 2 is 1.74 bits per heavy atom. The summed E-state index contributed by atoms with van der Waals surface area (Å²) in [5.41, 5.74) is 4.65. The van der Waals surface area contributed by atoms with Crippen molar-refractivity contribution < 1.29 is 14.3 Å². The smallest absolute Gasteiger partial charge is 0.275 e. The van der Waals surface area contributed by atoms with Crippen molar-refractivity contribution in [2.75, 3.05) is 7.11 Å². The number of halogens is 3. The van der Waals surface area contributed by atoms with Crippen molar-refractivity contribution in [1.29, 1.82) is 0 Å². The van der Waals surface area contributed by atoms with Gasteiger partial charge >= 0.3 is 0 Å². The lowest BCUT2D eigenvalue weighted by molar-refractivity contribution is 0.0952. The summed E-state index contributed by atoms with van der Waals surface area (Å²) >= 11 is 15.5. The summed E-state index contributed by atoms with van der Waals surface area (Å²) in [6.45, 7) is 0.340. The van der Waals surface area contributed by atoms with Gasteiger partial charge in [-0.1, -0.05) is 53.5 Å². The maximum absolute atomic E-state index is 12.7. The van der Waals surface area contributed by atoms with Crippen LogP contribution in [0.25, 0.3) is 10.8 Å². The fourth-order valence-corrected chi connectivity index (χ4v) is 4.13. The third-order valence-corrected chi connectivity index (χ3v) is 6.39. The second-order valence-electron chi connectivity index (χ2n) is 7.33. The number of amides is 1. The Bertz CT molecular complexity index is 1390. The molecule has 0 aliphatic carbocycles. The van der Waals surface area contributed by atoms with Crippen LogP contribution in [0.1, 0.15) is 21.5 Å². The minimum atomic E-state index is -0.362. The monoisotopic (exact) mass is 556 g/mol. The molecule has 0 heterocycles. The number of methoxy groups -OCH3 is 1. The fourth-order valence-electron chi connectivity index (χ4n) is 3.30. The van der Waals surface area contributed by atoms with Crippen LogP contribution < -0.4 is 14.9 Å². The molecule has 172 valence electrons. The summed E-state index contributed by atoms with van der Waals surface area (Å²) in [7, 11) is 1.53. The second-order valence-corrected chi connectivity index (χ2v) is 8.99. The number of nitrogens with zero attached hydrogens (tertiary/aromatic N) is 1. The lowest BCUT2D eigenvalue weighted by Gasteiger charge is -2.10. The van der Waals surface area contributed by atoms with Crippen LogP contribution in [-0.4, -0.2) is 19.2 Å². The van der Waals surface area contributed by atoms with E-state index in [0.29, 0.717) is 33.7 Å². The van der Waals surface area contributed by atoms with Gasteiger partial charge in [0.25, 0.3) is 5.91 Å². The van der Waals surface area contributed by atoms with Gasteiger partial charge in [0.2, 0.25) is 0 Å². The topological polar surface area (TPSA) is 59.9 Å². The molecule has 0 aliphatic rings. The van der Waals surface area contributed by atoms with Gasteiger partial charge in [0.05, 0.1) is 33.4 Å². The number of rotatable bonds is 7. The van der Waals surface area contributed by atoms with Crippen molar-refractivity contribution in [1.82, 2.24) is 5.43 Å². The molecular weight excluding hydrogens is 539 g/mol. The molecule has 0 bridgehead atoms. The molecule has 0 radical (unpaired) electrons. The van der Waals surface area contributed by atoms with Gasteiger partial charge in [0.15, 0.2) is 0 Å². The van der Waals surface area contributed by atoms with E-state index in [0.717, 1.165) is 26.4 Å². The number of fused-ring (bicyclic) bond motifs is 1. The highest BCUT2D eigenvalue weighted by molar-refractivity contribution is 9.10. The summed E-state index contributed by atoms with van der Waals surface area (Å²) < 4.78 is 12.0. The van der Waals surface area contributed by atoms with Gasteiger partial charge < -0.3 is 9.47 Å². The van der Waals surface area contributed by atoms with Crippen LogP contribution in [0.3, 0.4) is 0 Å². The molecule has 1 amide bonds. The first-order chi connectivity index (χ1) is 16.4. The van der Waals surface area contributed by atoms with Crippen molar-refractivity contribution in [3.8, 4) is 11.5 Å². The van der Waals surface area contributed by atoms with E-state index in [1.165, 1.54) is 7.11 Å². The summed E-state index contributed by atoms with van der Waals surface area (Å²) in [4.78, 5) is 12.7. The van der Waals surface area contributed by atoms with E-state index in [1.807, 2.05) is 54.6 Å². The van der Waals surface area contributed by atoms with Crippen LogP contribution in [0.15, 0.2) is 82.4 Å². The van der Waals surface area contributed by atoms with Crippen LogP contribution in [-0.2, 0) is 6.61 Å². The minimum Gasteiger partial charge on any atom is -0.496 e. The molecule has 0 saturated carbocycles. The van der Waals surface area contributed by atoms with Crippen molar-refractivity contribution in [2.24, 2.45) is 5.10 Å². The van der Waals surface area contributed by atoms with Crippen molar-refractivity contribution >= 4 is 62.0 Å². The Labute approximate surface area is 215 Å². The van der Waals surface area contributed by atoms with Crippen molar-refractivity contribution in [3.63, 3.8) is 0 Å². The molecule has 0 saturated heterocycles. The molecule has 0 aromatic heterocycles. The van der Waals surface area contributed by atoms with Crippen LogP contribution in [0.5, 0.6) is 11.5 Å². The highest BCUT2D eigenvalue weighted by atomic mass is 79.9. The lowest BCUT2D eigenvalue weighted by Crippen LogP contribution is -2.18. The largest absolute Gasteiger partial charge is 0.496 e. The number of hydrogen-bond acceptors (Lipinski definition) is 4. The molecule has 0 fully saturated rings. The maximum Gasteiger partial charge on any atom is 0.275 e. The Balaban J connectivity index is 1.41. The van der Waals surface area contributed by atoms with Crippen LogP contribution in [0.2, 0.25) is 10.0 Å². The molecule has 0 aliphatic heterocycles. The van der Waals surface area contributed by atoms with E-state index >= 15 is 0 Å². The van der Waals surface area contributed by atoms with Gasteiger partial charge in [0, 0.05) is 0 Å². The highest BCUT2D eigenvalue weighted by Crippen LogP contribution is 2.28. The van der Waals surface area contributed by atoms with Crippen molar-refractivity contribution in [2.45, 2.75) is 6.61 Å². The Morgan fingerprint density at radius 3 is 2.44 bits per heavy atom. The average Bonchev–Trinajstić information content (AvgIpc) is 2.84. The minimum absolute atomic E-state index is 0.340. The summed E-state index contributed by atoms with van der Waals surface area (Å²) in [6, 6.07) is 22.2. The van der Waals surface area contributed by atoms with E-state index in [9.17, 15) is 4.79 Å². The van der Waals surface area contributed by atoms with Crippen molar-refractivity contribution in [3.05, 3.63) is 104 Å². The Hall–Kier alpha value is -3.06. The normalized spacial score (nSPS) is 11.1. The summed E-state index contributed by atoms with van der Waals surface area (Å²) in [5.74, 6) is 0.783. The molecule has 4 rings (SSSR count). The number of nitrogens with one attached hydrogen (secondary N) is 1. The zero-order valence-electron chi connectivity index (χ0n) is 18.0. The molecule has 5 nitrogen and oxygen atoms in total. The first kappa shape index (κ1) is 24.1. The lowest BCUT2D eigenvalue weighted by atomic mass is 10.1. The number of carbonyl (C=O) groups excluding carboxylic acids is 1. The molecular formula is C26H19BrCl2N2O3. The second kappa shape index (κ2) is 10.9. The number of hydrazone groups is 1. The quantitative estimate of drug-likeness (QED) is 0.192. The third kappa shape index (κ3) is 5.70.